The second kappa shape index (κ2) is 7.67. The van der Waals surface area contributed by atoms with Gasteiger partial charge >= 0.3 is 6.36 Å². The molecule has 0 aliphatic carbocycles. The van der Waals surface area contributed by atoms with E-state index < -0.39 is 24.3 Å². The molecule has 2 unspecified atom stereocenters. The van der Waals surface area contributed by atoms with E-state index in [-0.39, 0.29) is 17.1 Å². The molecule has 2 atom stereocenters. The molecule has 0 heterocycles. The summed E-state index contributed by atoms with van der Waals surface area (Å²) < 4.78 is 39.7. The standard InChI is InChI=1S/C13H15F3O4S/c1-8(17)21-7-6-11(18)12(19)9-2-4-10(5-3-9)20-13(14,15)16/h2-5,11-12,18-19H,6-7H2,1H3. The van der Waals surface area contributed by atoms with Crippen LogP contribution in [0, 0.1) is 0 Å². The largest absolute Gasteiger partial charge is 0.573 e. The fraction of sp³-hybridized carbons (Fsp3) is 0.462. The number of aliphatic hydroxyl groups excluding tert-OH is 2. The van der Waals surface area contributed by atoms with Gasteiger partial charge in [0.2, 0.25) is 0 Å². The number of thioether (sulfide) groups is 1. The Labute approximate surface area is 123 Å². The van der Waals surface area contributed by atoms with E-state index in [1.807, 2.05) is 0 Å². The van der Waals surface area contributed by atoms with Crippen molar-refractivity contribution >= 4 is 16.9 Å². The lowest BCUT2D eigenvalue weighted by atomic mass is 10.0. The zero-order valence-corrected chi connectivity index (χ0v) is 11.9. The van der Waals surface area contributed by atoms with Crippen molar-refractivity contribution in [2.45, 2.75) is 31.9 Å². The van der Waals surface area contributed by atoms with Crippen LogP contribution >= 0.6 is 11.8 Å². The van der Waals surface area contributed by atoms with Gasteiger partial charge in [0, 0.05) is 12.7 Å². The Kier molecular flexibility index (Phi) is 6.50. The fourth-order valence-electron chi connectivity index (χ4n) is 1.57. The maximum atomic E-state index is 12.0. The summed E-state index contributed by atoms with van der Waals surface area (Å²) in [5, 5.41) is 19.5. The molecule has 0 spiro atoms. The molecule has 0 bridgehead atoms. The molecule has 0 fully saturated rings. The van der Waals surface area contributed by atoms with Crippen LogP contribution in [0.5, 0.6) is 5.75 Å². The van der Waals surface area contributed by atoms with Gasteiger partial charge in [0.15, 0.2) is 5.12 Å². The molecule has 4 nitrogen and oxygen atoms in total. The van der Waals surface area contributed by atoms with Gasteiger partial charge in [0.1, 0.15) is 11.9 Å². The molecule has 0 amide bonds. The van der Waals surface area contributed by atoms with Crippen molar-refractivity contribution in [2.24, 2.45) is 0 Å². The van der Waals surface area contributed by atoms with E-state index >= 15 is 0 Å². The topological polar surface area (TPSA) is 66.8 Å². The van der Waals surface area contributed by atoms with Gasteiger partial charge in [-0.2, -0.15) is 0 Å². The number of benzene rings is 1. The third-order valence-electron chi connectivity index (χ3n) is 2.54. The minimum atomic E-state index is -4.77. The first-order valence-electron chi connectivity index (χ1n) is 6.04. The predicted molar refractivity (Wildman–Crippen MR) is 71.8 cm³/mol. The van der Waals surface area contributed by atoms with Gasteiger partial charge in [-0.1, -0.05) is 23.9 Å². The molecule has 118 valence electrons. The van der Waals surface area contributed by atoms with E-state index in [2.05, 4.69) is 4.74 Å². The molecule has 1 rings (SSSR count). The summed E-state index contributed by atoms with van der Waals surface area (Å²) in [6.45, 7) is 1.40. The van der Waals surface area contributed by atoms with Crippen molar-refractivity contribution < 1.29 is 32.9 Å². The third kappa shape index (κ3) is 6.83. The molecule has 0 radical (unpaired) electrons. The highest BCUT2D eigenvalue weighted by Gasteiger charge is 2.31. The molecule has 0 saturated carbocycles. The highest BCUT2D eigenvalue weighted by atomic mass is 32.2. The molecule has 21 heavy (non-hydrogen) atoms. The van der Waals surface area contributed by atoms with Crippen LogP contribution in [-0.4, -0.2) is 33.5 Å². The van der Waals surface area contributed by atoms with Crippen LogP contribution in [0.1, 0.15) is 25.0 Å². The Balaban J connectivity index is 2.57. The smallest absolute Gasteiger partial charge is 0.406 e. The van der Waals surface area contributed by atoms with Crippen molar-refractivity contribution in [3.8, 4) is 5.75 Å². The summed E-state index contributed by atoms with van der Waals surface area (Å²) in [4.78, 5) is 10.7. The summed E-state index contributed by atoms with van der Waals surface area (Å²) >= 11 is 1.03. The van der Waals surface area contributed by atoms with Crippen molar-refractivity contribution in [1.82, 2.24) is 0 Å². The number of carbonyl (C=O) groups excluding carboxylic acids is 1. The molecule has 0 aromatic heterocycles. The number of halogens is 3. The molecule has 0 saturated heterocycles. The predicted octanol–water partition coefficient (Wildman–Crippen LogP) is 2.65. The maximum absolute atomic E-state index is 12.0. The Bertz CT molecular complexity index is 461. The molecule has 0 aliphatic rings. The average Bonchev–Trinajstić information content (AvgIpc) is 2.36. The summed E-state index contributed by atoms with van der Waals surface area (Å²) in [7, 11) is 0. The lowest BCUT2D eigenvalue weighted by molar-refractivity contribution is -0.274. The zero-order chi connectivity index (χ0) is 16.0. The fourth-order valence-corrected chi connectivity index (χ4v) is 2.22. The first kappa shape index (κ1) is 17.8. The monoisotopic (exact) mass is 324 g/mol. The Morgan fingerprint density at radius 1 is 1.29 bits per heavy atom. The van der Waals surface area contributed by atoms with Gasteiger partial charge in [-0.25, -0.2) is 0 Å². The molecular weight excluding hydrogens is 309 g/mol. The molecule has 1 aromatic carbocycles. The number of alkyl halides is 3. The van der Waals surface area contributed by atoms with Gasteiger partial charge in [-0.15, -0.1) is 13.2 Å². The average molecular weight is 324 g/mol. The van der Waals surface area contributed by atoms with Crippen molar-refractivity contribution in [3.05, 3.63) is 29.8 Å². The summed E-state index contributed by atoms with van der Waals surface area (Å²) in [5.41, 5.74) is 0.268. The minimum Gasteiger partial charge on any atom is -0.406 e. The molecule has 1 aromatic rings. The van der Waals surface area contributed by atoms with Crippen LogP contribution in [0.2, 0.25) is 0 Å². The zero-order valence-electron chi connectivity index (χ0n) is 11.1. The number of aliphatic hydroxyl groups is 2. The molecule has 0 aliphatic heterocycles. The van der Waals surface area contributed by atoms with Crippen LogP contribution in [-0.2, 0) is 4.79 Å². The molecule has 2 N–H and O–H groups in total. The minimum absolute atomic E-state index is 0.0923. The van der Waals surface area contributed by atoms with E-state index in [1.165, 1.54) is 19.1 Å². The lowest BCUT2D eigenvalue weighted by Gasteiger charge is -2.18. The SMILES string of the molecule is CC(=O)SCCC(O)C(O)c1ccc(OC(F)(F)F)cc1. The quantitative estimate of drug-likeness (QED) is 0.842. The van der Waals surface area contributed by atoms with Gasteiger partial charge in [0.05, 0.1) is 6.10 Å². The Morgan fingerprint density at radius 2 is 1.86 bits per heavy atom. The van der Waals surface area contributed by atoms with Crippen LogP contribution in [0.15, 0.2) is 24.3 Å². The number of rotatable bonds is 6. The summed E-state index contributed by atoms with van der Waals surface area (Å²) in [6.07, 6.45) is -6.93. The van der Waals surface area contributed by atoms with Crippen molar-refractivity contribution in [2.75, 3.05) is 5.75 Å². The van der Waals surface area contributed by atoms with E-state index in [9.17, 15) is 28.2 Å². The summed E-state index contributed by atoms with van der Waals surface area (Å²) in [5.74, 6) is -0.0527. The van der Waals surface area contributed by atoms with Crippen LogP contribution in [0.25, 0.3) is 0 Å². The number of ether oxygens (including phenoxy) is 1. The number of hydrogen-bond donors (Lipinski definition) is 2. The molecular formula is C13H15F3O4S. The van der Waals surface area contributed by atoms with Gasteiger partial charge in [0.25, 0.3) is 0 Å². The van der Waals surface area contributed by atoms with E-state index in [0.717, 1.165) is 23.9 Å². The Morgan fingerprint density at radius 3 is 2.33 bits per heavy atom. The first-order chi connectivity index (χ1) is 9.69. The maximum Gasteiger partial charge on any atom is 0.573 e. The molecule has 8 heteroatoms. The van der Waals surface area contributed by atoms with Crippen molar-refractivity contribution in [1.29, 1.82) is 0 Å². The van der Waals surface area contributed by atoms with Crippen LogP contribution < -0.4 is 4.74 Å². The van der Waals surface area contributed by atoms with Crippen LogP contribution in [0.3, 0.4) is 0 Å². The highest BCUT2D eigenvalue weighted by Crippen LogP contribution is 2.26. The van der Waals surface area contributed by atoms with E-state index in [4.69, 9.17) is 0 Å². The van der Waals surface area contributed by atoms with Gasteiger partial charge in [-0.05, 0) is 24.1 Å². The number of carbonyl (C=O) groups is 1. The second-order valence-electron chi connectivity index (χ2n) is 4.26. The van der Waals surface area contributed by atoms with Gasteiger partial charge < -0.3 is 14.9 Å². The normalized spacial score (nSPS) is 14.6. The highest BCUT2D eigenvalue weighted by molar-refractivity contribution is 8.13. The van der Waals surface area contributed by atoms with Crippen molar-refractivity contribution in [3.63, 3.8) is 0 Å². The number of hydrogen-bond acceptors (Lipinski definition) is 5. The lowest BCUT2D eigenvalue weighted by Crippen LogP contribution is -2.19. The third-order valence-corrected chi connectivity index (χ3v) is 3.38. The second-order valence-corrected chi connectivity index (χ2v) is 5.53. The van der Waals surface area contributed by atoms with Gasteiger partial charge in [-0.3, -0.25) is 4.79 Å². The van der Waals surface area contributed by atoms with Crippen LogP contribution in [0.4, 0.5) is 13.2 Å². The Hall–Kier alpha value is -1.25. The summed E-state index contributed by atoms with van der Waals surface area (Å²) in [6, 6.07) is 4.60. The van der Waals surface area contributed by atoms with E-state index in [1.54, 1.807) is 0 Å². The van der Waals surface area contributed by atoms with E-state index in [0.29, 0.717) is 5.75 Å². The first-order valence-corrected chi connectivity index (χ1v) is 7.03.